The van der Waals surface area contributed by atoms with Crippen LogP contribution in [0.3, 0.4) is 0 Å². The minimum atomic E-state index is -1.09. The molecular formula is C26H24N4O9S. The van der Waals surface area contributed by atoms with Crippen LogP contribution in [0.25, 0.3) is 6.08 Å². The lowest BCUT2D eigenvalue weighted by molar-refractivity contribution is -0.396. The first kappa shape index (κ1) is 28.2. The van der Waals surface area contributed by atoms with Gasteiger partial charge in [-0.05, 0) is 57.0 Å². The molecule has 13 nitrogen and oxygen atoms in total. The first-order chi connectivity index (χ1) is 18.9. The molecule has 1 atom stereocenters. The molecule has 1 aliphatic heterocycles. The lowest BCUT2D eigenvalue weighted by Gasteiger charge is -2.25. The van der Waals surface area contributed by atoms with Gasteiger partial charge in [0.1, 0.15) is 5.75 Å². The average molecular weight is 569 g/mol. The van der Waals surface area contributed by atoms with E-state index in [9.17, 15) is 34.9 Å². The van der Waals surface area contributed by atoms with E-state index in [0.717, 1.165) is 23.5 Å². The predicted molar refractivity (Wildman–Crippen MR) is 144 cm³/mol. The summed E-state index contributed by atoms with van der Waals surface area (Å²) >= 11 is 0.945. The molecule has 3 aromatic rings. The van der Waals surface area contributed by atoms with Crippen molar-refractivity contribution in [2.24, 2.45) is 4.99 Å². The Morgan fingerprint density at radius 1 is 1.18 bits per heavy atom. The summed E-state index contributed by atoms with van der Waals surface area (Å²) in [6.45, 7) is 7.15. The number of ether oxygens (including phenoxy) is 2. The fourth-order valence-electron chi connectivity index (χ4n) is 4.25. The summed E-state index contributed by atoms with van der Waals surface area (Å²) in [6, 6.07) is 7.85. The number of phenolic OH excluding ortho intramolecular Hbond substituents is 1. The molecule has 1 aliphatic rings. The zero-order valence-corrected chi connectivity index (χ0v) is 22.6. The van der Waals surface area contributed by atoms with Crippen LogP contribution >= 0.6 is 11.3 Å². The van der Waals surface area contributed by atoms with Gasteiger partial charge in [-0.3, -0.25) is 29.6 Å². The Hall–Kier alpha value is -4.85. The summed E-state index contributed by atoms with van der Waals surface area (Å²) in [5.74, 6) is -1.14. The van der Waals surface area contributed by atoms with E-state index in [1.807, 2.05) is 13.8 Å². The minimum absolute atomic E-state index is 0.0467. The summed E-state index contributed by atoms with van der Waals surface area (Å²) in [4.78, 5) is 52.3. The highest BCUT2D eigenvalue weighted by Gasteiger charge is 2.33. The van der Waals surface area contributed by atoms with E-state index < -0.39 is 44.5 Å². The molecule has 0 spiro atoms. The number of hydrogen-bond donors (Lipinski definition) is 1. The Morgan fingerprint density at radius 3 is 2.30 bits per heavy atom. The SMILES string of the molecule is CCOC(=O)C1=C(C)N=c2s/c(=C\c3cc([N+](=O)[O-])c(O)c([N+](=O)[O-])c3)c(=O)n2[C@H]1c1ccc(OC(C)C)cc1. The van der Waals surface area contributed by atoms with Gasteiger partial charge in [0, 0.05) is 12.1 Å². The molecule has 0 amide bonds. The van der Waals surface area contributed by atoms with Crippen LogP contribution in [0.5, 0.6) is 11.5 Å². The van der Waals surface area contributed by atoms with Gasteiger partial charge >= 0.3 is 17.3 Å². The number of carbonyl (C=O) groups excluding carboxylic acids is 1. The van der Waals surface area contributed by atoms with Crippen LogP contribution in [-0.2, 0) is 9.53 Å². The molecule has 1 N–H and O–H groups in total. The predicted octanol–water partition coefficient (Wildman–Crippen LogP) is 3.11. The van der Waals surface area contributed by atoms with Crippen molar-refractivity contribution < 1.29 is 29.2 Å². The van der Waals surface area contributed by atoms with Crippen LogP contribution in [0.1, 0.15) is 44.9 Å². The smallest absolute Gasteiger partial charge is 0.338 e. The van der Waals surface area contributed by atoms with E-state index in [0.29, 0.717) is 17.0 Å². The Bertz CT molecular complexity index is 1700. The summed E-state index contributed by atoms with van der Waals surface area (Å²) < 4.78 is 12.3. The van der Waals surface area contributed by atoms with E-state index in [4.69, 9.17) is 9.47 Å². The number of carbonyl (C=O) groups is 1. The summed E-state index contributed by atoms with van der Waals surface area (Å²) in [5, 5.41) is 32.7. The number of allylic oxidation sites excluding steroid dienone is 1. The van der Waals surface area contributed by atoms with Gasteiger partial charge < -0.3 is 14.6 Å². The maximum absolute atomic E-state index is 13.7. The standard InChI is InChI=1S/C26H24N4O9S/c1-5-38-25(33)21-14(4)27-26-28(22(21)16-6-8-17(9-7-16)39-13(2)3)24(32)20(40-26)12-15-10-18(29(34)35)23(31)19(11-15)30(36)37/h6-13,22,31H,5H2,1-4H3/b20-12-/t22-/m0/s1. The van der Waals surface area contributed by atoms with E-state index in [2.05, 4.69) is 4.99 Å². The number of fused-ring (bicyclic) bond motifs is 1. The van der Waals surface area contributed by atoms with Crippen molar-refractivity contribution in [1.82, 2.24) is 4.57 Å². The molecule has 0 saturated heterocycles. The van der Waals surface area contributed by atoms with Crippen LogP contribution in [0.4, 0.5) is 11.4 Å². The molecule has 2 heterocycles. The molecule has 2 aromatic carbocycles. The van der Waals surface area contributed by atoms with Crippen LogP contribution in [-0.4, -0.2) is 38.2 Å². The Balaban J connectivity index is 1.94. The molecule has 4 rings (SSSR count). The second-order valence-corrected chi connectivity index (χ2v) is 9.97. The largest absolute Gasteiger partial charge is 0.497 e. The molecule has 0 saturated carbocycles. The first-order valence-electron chi connectivity index (χ1n) is 12.0. The van der Waals surface area contributed by atoms with Crippen molar-refractivity contribution in [1.29, 1.82) is 0 Å². The summed E-state index contributed by atoms with van der Waals surface area (Å²) in [6.07, 6.45) is 1.18. The number of nitro benzene ring substituents is 2. The summed E-state index contributed by atoms with van der Waals surface area (Å²) in [7, 11) is 0. The normalized spacial score (nSPS) is 15.0. The molecule has 0 bridgehead atoms. The molecule has 14 heteroatoms. The topological polar surface area (TPSA) is 176 Å². The zero-order chi connectivity index (χ0) is 29.3. The minimum Gasteiger partial charge on any atom is -0.497 e. The van der Waals surface area contributed by atoms with Crippen LogP contribution in [0.2, 0.25) is 0 Å². The molecule has 1 aromatic heterocycles. The third kappa shape index (κ3) is 5.33. The van der Waals surface area contributed by atoms with Crippen LogP contribution < -0.4 is 19.6 Å². The maximum Gasteiger partial charge on any atom is 0.338 e. The van der Waals surface area contributed by atoms with Gasteiger partial charge in [-0.1, -0.05) is 23.5 Å². The number of nitrogens with zero attached hydrogens (tertiary/aromatic N) is 4. The van der Waals surface area contributed by atoms with E-state index >= 15 is 0 Å². The Kier molecular flexibility index (Phi) is 7.81. The first-order valence-corrected chi connectivity index (χ1v) is 12.9. The number of aromatic hydroxyl groups is 1. The van der Waals surface area contributed by atoms with Crippen molar-refractivity contribution in [3.8, 4) is 11.5 Å². The quantitative estimate of drug-likeness (QED) is 0.243. The van der Waals surface area contributed by atoms with Gasteiger partial charge in [0.15, 0.2) is 4.80 Å². The number of benzene rings is 2. The number of aromatic nitrogens is 1. The van der Waals surface area contributed by atoms with Crippen molar-refractivity contribution in [2.45, 2.75) is 39.8 Å². The molecule has 208 valence electrons. The van der Waals surface area contributed by atoms with Gasteiger partial charge in [-0.2, -0.15) is 0 Å². The molecular weight excluding hydrogens is 544 g/mol. The molecule has 40 heavy (non-hydrogen) atoms. The van der Waals surface area contributed by atoms with Gasteiger partial charge in [0.2, 0.25) is 0 Å². The van der Waals surface area contributed by atoms with E-state index in [-0.39, 0.29) is 33.2 Å². The third-order valence-electron chi connectivity index (χ3n) is 5.87. The molecule has 0 unspecified atom stereocenters. The fourth-order valence-corrected chi connectivity index (χ4v) is 5.29. The Morgan fingerprint density at radius 2 is 1.77 bits per heavy atom. The molecule has 0 fully saturated rings. The number of rotatable bonds is 8. The lowest BCUT2D eigenvalue weighted by atomic mass is 9.96. The van der Waals surface area contributed by atoms with Crippen LogP contribution in [0.15, 0.2) is 57.5 Å². The van der Waals surface area contributed by atoms with Gasteiger partial charge in [0.05, 0.1) is 44.4 Å². The second kappa shape index (κ2) is 11.1. The van der Waals surface area contributed by atoms with Crippen molar-refractivity contribution in [2.75, 3.05) is 6.61 Å². The van der Waals surface area contributed by atoms with Gasteiger partial charge in [-0.15, -0.1) is 0 Å². The number of phenols is 1. The number of thiazole rings is 1. The molecule has 0 aliphatic carbocycles. The highest BCUT2D eigenvalue weighted by Crippen LogP contribution is 2.37. The zero-order valence-electron chi connectivity index (χ0n) is 21.8. The highest BCUT2D eigenvalue weighted by molar-refractivity contribution is 7.07. The number of esters is 1. The maximum atomic E-state index is 13.7. The van der Waals surface area contributed by atoms with E-state index in [1.54, 1.807) is 38.1 Å². The second-order valence-electron chi connectivity index (χ2n) is 8.96. The van der Waals surface area contributed by atoms with Crippen LogP contribution in [0, 0.1) is 20.2 Å². The van der Waals surface area contributed by atoms with E-state index in [1.165, 1.54) is 10.6 Å². The number of hydrogen-bond acceptors (Lipinski definition) is 11. The van der Waals surface area contributed by atoms with Gasteiger partial charge in [-0.25, -0.2) is 9.79 Å². The van der Waals surface area contributed by atoms with Crippen molar-refractivity contribution in [3.05, 3.63) is 98.7 Å². The lowest BCUT2D eigenvalue weighted by Crippen LogP contribution is -2.39. The monoisotopic (exact) mass is 568 g/mol. The molecule has 0 radical (unpaired) electrons. The van der Waals surface area contributed by atoms with Crippen molar-refractivity contribution >= 4 is 34.8 Å². The fraction of sp³-hybridized carbons (Fsp3) is 0.269. The Labute approximate surface area is 230 Å². The summed E-state index contributed by atoms with van der Waals surface area (Å²) in [5.41, 5.74) is -1.30. The van der Waals surface area contributed by atoms with Crippen molar-refractivity contribution in [3.63, 3.8) is 0 Å². The average Bonchev–Trinajstić information content (AvgIpc) is 3.18. The van der Waals surface area contributed by atoms with Gasteiger partial charge in [0.25, 0.3) is 11.3 Å². The highest BCUT2D eigenvalue weighted by atomic mass is 32.1. The third-order valence-corrected chi connectivity index (χ3v) is 6.85. The number of nitro groups is 2.